The van der Waals surface area contributed by atoms with Crippen LogP contribution in [0.25, 0.3) is 0 Å². The maximum atomic E-state index is 12.5. The van der Waals surface area contributed by atoms with Crippen LogP contribution in [-0.4, -0.2) is 39.5 Å². The quantitative estimate of drug-likeness (QED) is 0.914. The standard InChI is InChI=1S/C14H17BrN2O3/c15-10-4-6-12(16-9-10)14(20)17-8-2-1-3-11(17)5-7-13(18)19/h4,6,9,11H,1-3,5,7-8H2,(H,18,19). The Labute approximate surface area is 126 Å². The lowest BCUT2D eigenvalue weighted by molar-refractivity contribution is -0.137. The summed E-state index contributed by atoms with van der Waals surface area (Å²) in [5.41, 5.74) is 0.412. The molecule has 1 aromatic heterocycles. The van der Waals surface area contributed by atoms with Crippen molar-refractivity contribution in [2.24, 2.45) is 0 Å². The smallest absolute Gasteiger partial charge is 0.303 e. The third-order valence-electron chi connectivity index (χ3n) is 3.53. The number of piperidine rings is 1. The second kappa shape index (κ2) is 6.83. The first kappa shape index (κ1) is 15.0. The van der Waals surface area contributed by atoms with Crippen LogP contribution in [0, 0.1) is 0 Å². The number of aliphatic carboxylic acids is 1. The summed E-state index contributed by atoms with van der Waals surface area (Å²) in [6.07, 6.45) is 5.09. The number of aromatic nitrogens is 1. The van der Waals surface area contributed by atoms with E-state index in [-0.39, 0.29) is 18.4 Å². The van der Waals surface area contributed by atoms with Crippen LogP contribution >= 0.6 is 15.9 Å². The maximum Gasteiger partial charge on any atom is 0.303 e. The van der Waals surface area contributed by atoms with Crippen molar-refractivity contribution in [3.8, 4) is 0 Å². The molecule has 1 saturated heterocycles. The monoisotopic (exact) mass is 340 g/mol. The molecular formula is C14H17BrN2O3. The minimum absolute atomic E-state index is 0.0118. The molecule has 2 rings (SSSR count). The van der Waals surface area contributed by atoms with Gasteiger partial charge in [0, 0.05) is 29.7 Å². The number of likely N-dealkylation sites (tertiary alicyclic amines) is 1. The number of carboxylic acid groups (broad SMARTS) is 1. The predicted molar refractivity (Wildman–Crippen MR) is 77.5 cm³/mol. The van der Waals surface area contributed by atoms with Gasteiger partial charge in [-0.3, -0.25) is 9.59 Å². The van der Waals surface area contributed by atoms with Gasteiger partial charge in [-0.1, -0.05) is 0 Å². The van der Waals surface area contributed by atoms with E-state index in [0.29, 0.717) is 18.7 Å². The van der Waals surface area contributed by atoms with Gasteiger partial charge >= 0.3 is 5.97 Å². The highest BCUT2D eigenvalue weighted by atomic mass is 79.9. The minimum Gasteiger partial charge on any atom is -0.481 e. The molecule has 0 bridgehead atoms. The van der Waals surface area contributed by atoms with Crippen molar-refractivity contribution in [3.63, 3.8) is 0 Å². The number of amides is 1. The molecule has 6 heteroatoms. The second-order valence-electron chi connectivity index (χ2n) is 4.94. The summed E-state index contributed by atoms with van der Waals surface area (Å²) in [4.78, 5) is 29.1. The first-order chi connectivity index (χ1) is 9.58. The molecule has 1 aliphatic heterocycles. The van der Waals surface area contributed by atoms with Gasteiger partial charge in [-0.25, -0.2) is 4.98 Å². The van der Waals surface area contributed by atoms with Crippen LogP contribution in [0.2, 0.25) is 0 Å². The van der Waals surface area contributed by atoms with E-state index < -0.39 is 5.97 Å². The van der Waals surface area contributed by atoms with E-state index in [2.05, 4.69) is 20.9 Å². The molecule has 108 valence electrons. The van der Waals surface area contributed by atoms with Crippen molar-refractivity contribution in [2.75, 3.05) is 6.54 Å². The van der Waals surface area contributed by atoms with Crippen LogP contribution < -0.4 is 0 Å². The maximum absolute atomic E-state index is 12.5. The summed E-state index contributed by atoms with van der Waals surface area (Å²) in [7, 11) is 0. The van der Waals surface area contributed by atoms with E-state index >= 15 is 0 Å². The van der Waals surface area contributed by atoms with Gasteiger partial charge in [-0.05, 0) is 53.7 Å². The number of carboxylic acids is 1. The van der Waals surface area contributed by atoms with Crippen LogP contribution in [0.3, 0.4) is 0 Å². The molecule has 0 spiro atoms. The second-order valence-corrected chi connectivity index (χ2v) is 5.86. The molecule has 0 aromatic carbocycles. The van der Waals surface area contributed by atoms with Gasteiger partial charge in [0.25, 0.3) is 5.91 Å². The van der Waals surface area contributed by atoms with E-state index in [1.807, 2.05) is 0 Å². The van der Waals surface area contributed by atoms with Gasteiger partial charge in [0.05, 0.1) is 0 Å². The van der Waals surface area contributed by atoms with Gasteiger partial charge in [-0.15, -0.1) is 0 Å². The fourth-order valence-corrected chi connectivity index (χ4v) is 2.74. The Kier molecular flexibility index (Phi) is 5.11. The lowest BCUT2D eigenvalue weighted by Gasteiger charge is -2.35. The molecule has 20 heavy (non-hydrogen) atoms. The van der Waals surface area contributed by atoms with Gasteiger partial charge in [0.15, 0.2) is 0 Å². The van der Waals surface area contributed by atoms with Gasteiger partial charge < -0.3 is 10.0 Å². The molecule has 1 fully saturated rings. The van der Waals surface area contributed by atoms with Crippen LogP contribution in [0.1, 0.15) is 42.6 Å². The van der Waals surface area contributed by atoms with Gasteiger partial charge in [0.2, 0.25) is 0 Å². The number of carbonyl (C=O) groups excluding carboxylic acids is 1. The summed E-state index contributed by atoms with van der Waals surface area (Å²) < 4.78 is 0.829. The predicted octanol–water partition coefficient (Wildman–Crippen LogP) is 2.70. The molecule has 0 radical (unpaired) electrons. The molecular weight excluding hydrogens is 324 g/mol. The summed E-state index contributed by atoms with van der Waals surface area (Å²) >= 11 is 3.29. The molecule has 5 nitrogen and oxygen atoms in total. The molecule has 1 unspecified atom stereocenters. The van der Waals surface area contributed by atoms with Crippen molar-refractivity contribution < 1.29 is 14.7 Å². The first-order valence-corrected chi connectivity index (χ1v) is 7.51. The average Bonchev–Trinajstić information content (AvgIpc) is 2.45. The molecule has 1 amide bonds. The van der Waals surface area contributed by atoms with Crippen LogP contribution in [0.4, 0.5) is 0 Å². The van der Waals surface area contributed by atoms with Gasteiger partial charge in [0.1, 0.15) is 5.69 Å². The van der Waals surface area contributed by atoms with Crippen LogP contribution in [0.15, 0.2) is 22.8 Å². The average molecular weight is 341 g/mol. The van der Waals surface area contributed by atoms with Crippen molar-refractivity contribution >= 4 is 27.8 Å². The number of pyridine rings is 1. The highest BCUT2D eigenvalue weighted by Crippen LogP contribution is 2.23. The normalized spacial score (nSPS) is 18.9. The Morgan fingerprint density at radius 1 is 1.40 bits per heavy atom. The number of nitrogens with zero attached hydrogens (tertiary/aromatic N) is 2. The third-order valence-corrected chi connectivity index (χ3v) is 4.00. The SMILES string of the molecule is O=C(O)CCC1CCCCN1C(=O)c1ccc(Br)cn1. The Morgan fingerprint density at radius 2 is 2.20 bits per heavy atom. The van der Waals surface area contributed by atoms with E-state index in [9.17, 15) is 9.59 Å². The molecule has 0 aliphatic carbocycles. The summed E-state index contributed by atoms with van der Waals surface area (Å²) in [5, 5.41) is 8.80. The highest BCUT2D eigenvalue weighted by molar-refractivity contribution is 9.10. The van der Waals surface area contributed by atoms with E-state index in [1.165, 1.54) is 0 Å². The van der Waals surface area contributed by atoms with Crippen molar-refractivity contribution in [1.82, 2.24) is 9.88 Å². The molecule has 0 saturated carbocycles. The number of carbonyl (C=O) groups is 2. The third kappa shape index (κ3) is 3.79. The molecule has 1 aromatic rings. The molecule has 1 atom stereocenters. The highest BCUT2D eigenvalue weighted by Gasteiger charge is 2.28. The Bertz CT molecular complexity index is 490. The molecule has 2 heterocycles. The van der Waals surface area contributed by atoms with Crippen molar-refractivity contribution in [1.29, 1.82) is 0 Å². The topological polar surface area (TPSA) is 70.5 Å². The summed E-state index contributed by atoms with van der Waals surface area (Å²) in [6, 6.07) is 3.49. The fraction of sp³-hybridized carbons (Fsp3) is 0.500. The van der Waals surface area contributed by atoms with Gasteiger partial charge in [-0.2, -0.15) is 0 Å². The zero-order valence-electron chi connectivity index (χ0n) is 11.1. The Morgan fingerprint density at radius 3 is 2.85 bits per heavy atom. The largest absolute Gasteiger partial charge is 0.481 e. The van der Waals surface area contributed by atoms with E-state index in [4.69, 9.17) is 5.11 Å². The first-order valence-electron chi connectivity index (χ1n) is 6.72. The zero-order valence-corrected chi connectivity index (χ0v) is 12.7. The summed E-state index contributed by atoms with van der Waals surface area (Å²) in [6.45, 7) is 0.681. The fourth-order valence-electron chi connectivity index (χ4n) is 2.51. The summed E-state index contributed by atoms with van der Waals surface area (Å²) in [5.74, 6) is -0.919. The number of hydrogen-bond donors (Lipinski definition) is 1. The Hall–Kier alpha value is -1.43. The van der Waals surface area contributed by atoms with Crippen molar-refractivity contribution in [3.05, 3.63) is 28.5 Å². The minimum atomic E-state index is -0.815. The number of rotatable bonds is 4. The molecule has 1 aliphatic rings. The molecule has 1 N–H and O–H groups in total. The van der Waals surface area contributed by atoms with Crippen molar-refractivity contribution in [2.45, 2.75) is 38.1 Å². The number of hydrogen-bond acceptors (Lipinski definition) is 3. The Balaban J connectivity index is 2.08. The van der Waals surface area contributed by atoms with Crippen LogP contribution in [-0.2, 0) is 4.79 Å². The van der Waals surface area contributed by atoms with E-state index in [1.54, 1.807) is 23.2 Å². The van der Waals surface area contributed by atoms with Crippen LogP contribution in [0.5, 0.6) is 0 Å². The zero-order chi connectivity index (χ0) is 14.5. The lowest BCUT2D eigenvalue weighted by Crippen LogP contribution is -2.44. The number of halogens is 1. The van der Waals surface area contributed by atoms with E-state index in [0.717, 1.165) is 23.7 Å². The lowest BCUT2D eigenvalue weighted by atomic mass is 9.97.